The quantitative estimate of drug-likeness (QED) is 0.809. The van der Waals surface area contributed by atoms with Crippen molar-refractivity contribution in [3.05, 3.63) is 58.1 Å². The lowest BCUT2D eigenvalue weighted by Crippen LogP contribution is -2.32. The fourth-order valence-corrected chi connectivity index (χ4v) is 2.95. The maximum Gasteiger partial charge on any atom is 0.238 e. The summed E-state index contributed by atoms with van der Waals surface area (Å²) < 4.78 is 5.24. The van der Waals surface area contributed by atoms with Crippen LogP contribution in [0.1, 0.15) is 18.5 Å². The third-order valence-electron chi connectivity index (χ3n) is 3.85. The average Bonchev–Trinajstić information content (AvgIpc) is 2.54. The van der Waals surface area contributed by atoms with Crippen LogP contribution in [0.5, 0.6) is 5.75 Å². The summed E-state index contributed by atoms with van der Waals surface area (Å²) in [5.41, 5.74) is 1.57. The molecule has 0 radical (unpaired) electrons. The Morgan fingerprint density at radius 3 is 2.62 bits per heavy atom. The molecule has 1 amide bonds. The van der Waals surface area contributed by atoms with Gasteiger partial charge in [0, 0.05) is 16.1 Å². The minimum Gasteiger partial charge on any atom is -0.495 e. The van der Waals surface area contributed by atoms with E-state index in [-0.39, 0.29) is 18.5 Å². The van der Waals surface area contributed by atoms with Gasteiger partial charge in [0.2, 0.25) is 5.91 Å². The number of nitrogens with one attached hydrogen (secondary N) is 1. The molecule has 0 aromatic heterocycles. The fourth-order valence-electron chi connectivity index (χ4n) is 2.38. The zero-order valence-electron chi connectivity index (χ0n) is 13.8. The topological polar surface area (TPSA) is 41.6 Å². The molecule has 0 saturated carbocycles. The molecule has 2 rings (SSSR count). The summed E-state index contributed by atoms with van der Waals surface area (Å²) >= 11 is 12.2. The van der Waals surface area contributed by atoms with Gasteiger partial charge in [-0.3, -0.25) is 9.69 Å². The molecule has 4 nitrogen and oxygen atoms in total. The second kappa shape index (κ2) is 8.38. The number of halogens is 2. The van der Waals surface area contributed by atoms with Gasteiger partial charge < -0.3 is 10.1 Å². The third-order valence-corrected chi connectivity index (χ3v) is 4.41. The Bertz CT molecular complexity index is 722. The molecule has 0 aliphatic rings. The van der Waals surface area contributed by atoms with Crippen LogP contribution in [0.2, 0.25) is 10.0 Å². The summed E-state index contributed by atoms with van der Waals surface area (Å²) in [5.74, 6) is 0.501. The number of ether oxygens (including phenoxy) is 1. The summed E-state index contributed by atoms with van der Waals surface area (Å²) in [5, 5.41) is 4.04. The van der Waals surface area contributed by atoms with Crippen molar-refractivity contribution in [3.8, 4) is 5.75 Å². The fraction of sp³-hybridized carbons (Fsp3) is 0.278. The van der Waals surface area contributed by atoms with Crippen LogP contribution in [0.15, 0.2) is 42.5 Å². The second-order valence-corrected chi connectivity index (χ2v) is 6.35. The zero-order chi connectivity index (χ0) is 17.7. The van der Waals surface area contributed by atoms with E-state index in [4.69, 9.17) is 27.9 Å². The van der Waals surface area contributed by atoms with Crippen molar-refractivity contribution in [3.63, 3.8) is 0 Å². The molecule has 2 aromatic carbocycles. The number of methoxy groups -OCH3 is 1. The smallest absolute Gasteiger partial charge is 0.238 e. The maximum atomic E-state index is 12.3. The molecule has 0 spiro atoms. The highest BCUT2D eigenvalue weighted by Gasteiger charge is 2.18. The molecule has 1 atom stereocenters. The van der Waals surface area contributed by atoms with E-state index in [1.54, 1.807) is 31.4 Å². The van der Waals surface area contributed by atoms with Crippen LogP contribution in [0.25, 0.3) is 0 Å². The van der Waals surface area contributed by atoms with Crippen molar-refractivity contribution in [2.24, 2.45) is 0 Å². The van der Waals surface area contributed by atoms with Gasteiger partial charge in [-0.2, -0.15) is 0 Å². The predicted octanol–water partition coefficient (Wildman–Crippen LogP) is 4.63. The summed E-state index contributed by atoms with van der Waals surface area (Å²) in [6.07, 6.45) is 0. The van der Waals surface area contributed by atoms with E-state index in [1.165, 1.54) is 0 Å². The Kier molecular flexibility index (Phi) is 6.49. The Balaban J connectivity index is 2.03. The molecule has 128 valence electrons. The largest absolute Gasteiger partial charge is 0.495 e. The van der Waals surface area contributed by atoms with E-state index in [0.29, 0.717) is 21.5 Å². The Labute approximate surface area is 152 Å². The predicted molar refractivity (Wildman–Crippen MR) is 99.1 cm³/mol. The SMILES string of the molecule is COc1ccccc1NC(=O)CN(C)C(C)c1ccc(Cl)cc1Cl. The maximum absolute atomic E-state index is 12.3. The third kappa shape index (κ3) is 4.63. The van der Waals surface area contributed by atoms with Crippen LogP contribution in [0.4, 0.5) is 5.69 Å². The van der Waals surface area contributed by atoms with Gasteiger partial charge in [-0.15, -0.1) is 0 Å². The molecule has 0 fully saturated rings. The molecule has 6 heteroatoms. The van der Waals surface area contributed by atoms with Crippen LogP contribution in [-0.2, 0) is 4.79 Å². The Morgan fingerprint density at radius 1 is 1.25 bits per heavy atom. The lowest BCUT2D eigenvalue weighted by Gasteiger charge is -2.25. The number of likely N-dealkylation sites (N-methyl/N-ethyl adjacent to an activating group) is 1. The molecule has 1 unspecified atom stereocenters. The van der Waals surface area contributed by atoms with E-state index in [2.05, 4.69) is 5.32 Å². The van der Waals surface area contributed by atoms with Crippen molar-refractivity contribution >= 4 is 34.8 Å². The minimum atomic E-state index is -0.126. The van der Waals surface area contributed by atoms with Crippen molar-refractivity contribution < 1.29 is 9.53 Å². The van der Waals surface area contributed by atoms with Crippen LogP contribution in [0, 0.1) is 0 Å². The lowest BCUT2D eigenvalue weighted by molar-refractivity contribution is -0.117. The number of nitrogens with zero attached hydrogens (tertiary/aromatic N) is 1. The first-order chi connectivity index (χ1) is 11.4. The molecule has 0 aliphatic carbocycles. The number of rotatable bonds is 6. The van der Waals surface area contributed by atoms with E-state index >= 15 is 0 Å². The first kappa shape index (κ1) is 18.6. The van der Waals surface area contributed by atoms with Gasteiger partial charge in [0.25, 0.3) is 0 Å². The first-order valence-corrected chi connectivity index (χ1v) is 8.26. The second-order valence-electron chi connectivity index (χ2n) is 5.51. The summed E-state index contributed by atoms with van der Waals surface area (Å²) in [6, 6.07) is 12.6. The molecular weight excluding hydrogens is 347 g/mol. The molecule has 0 bridgehead atoms. The minimum absolute atomic E-state index is 0.0295. The highest BCUT2D eigenvalue weighted by atomic mass is 35.5. The van der Waals surface area contributed by atoms with Crippen molar-refractivity contribution in [1.82, 2.24) is 4.90 Å². The molecule has 0 aliphatic heterocycles. The summed E-state index contributed by atoms with van der Waals surface area (Å²) in [7, 11) is 3.44. The monoisotopic (exact) mass is 366 g/mol. The number of amides is 1. The highest BCUT2D eigenvalue weighted by Crippen LogP contribution is 2.29. The van der Waals surface area contributed by atoms with Crippen molar-refractivity contribution in [1.29, 1.82) is 0 Å². The summed E-state index contributed by atoms with van der Waals surface area (Å²) in [4.78, 5) is 14.2. The first-order valence-electron chi connectivity index (χ1n) is 7.50. The Hall–Kier alpha value is -1.75. The van der Waals surface area contributed by atoms with E-state index < -0.39 is 0 Å². The normalized spacial score (nSPS) is 12.1. The molecule has 1 N–H and O–H groups in total. The van der Waals surface area contributed by atoms with Gasteiger partial charge in [0.05, 0.1) is 19.3 Å². The summed E-state index contributed by atoms with van der Waals surface area (Å²) in [6.45, 7) is 2.21. The van der Waals surface area contributed by atoms with Crippen LogP contribution in [0.3, 0.4) is 0 Å². The number of carbonyl (C=O) groups is 1. The van der Waals surface area contributed by atoms with Crippen molar-refractivity contribution in [2.75, 3.05) is 26.0 Å². The number of anilines is 1. The molecule has 2 aromatic rings. The van der Waals surface area contributed by atoms with Gasteiger partial charge in [0.1, 0.15) is 5.75 Å². The average molecular weight is 367 g/mol. The highest BCUT2D eigenvalue weighted by molar-refractivity contribution is 6.35. The van der Waals surface area contributed by atoms with E-state index in [1.807, 2.05) is 37.1 Å². The van der Waals surface area contributed by atoms with Crippen molar-refractivity contribution in [2.45, 2.75) is 13.0 Å². The Morgan fingerprint density at radius 2 is 1.96 bits per heavy atom. The van der Waals surface area contributed by atoms with Crippen LogP contribution in [-0.4, -0.2) is 31.5 Å². The van der Waals surface area contributed by atoms with E-state index in [9.17, 15) is 4.79 Å². The van der Waals surface area contributed by atoms with Gasteiger partial charge in [0.15, 0.2) is 0 Å². The van der Waals surface area contributed by atoms with Gasteiger partial charge in [-0.05, 0) is 43.8 Å². The number of hydrogen-bond donors (Lipinski definition) is 1. The van der Waals surface area contributed by atoms with Crippen LogP contribution >= 0.6 is 23.2 Å². The number of benzene rings is 2. The molecule has 24 heavy (non-hydrogen) atoms. The zero-order valence-corrected chi connectivity index (χ0v) is 15.4. The van der Waals surface area contributed by atoms with Gasteiger partial charge >= 0.3 is 0 Å². The standard InChI is InChI=1S/C18H20Cl2N2O2/c1-12(14-9-8-13(19)10-15(14)20)22(2)11-18(23)21-16-6-4-5-7-17(16)24-3/h4-10,12H,11H2,1-3H3,(H,21,23). The van der Waals surface area contributed by atoms with Gasteiger partial charge in [-0.25, -0.2) is 0 Å². The number of hydrogen-bond acceptors (Lipinski definition) is 3. The molecule has 0 saturated heterocycles. The lowest BCUT2D eigenvalue weighted by atomic mass is 10.1. The number of carbonyl (C=O) groups excluding carboxylic acids is 1. The molecular formula is C18H20Cl2N2O2. The molecule has 0 heterocycles. The van der Waals surface area contributed by atoms with Gasteiger partial charge in [-0.1, -0.05) is 41.4 Å². The number of para-hydroxylation sites is 2. The van der Waals surface area contributed by atoms with Crippen LogP contribution < -0.4 is 10.1 Å². The van der Waals surface area contributed by atoms with E-state index in [0.717, 1.165) is 5.56 Å².